The highest BCUT2D eigenvalue weighted by Crippen LogP contribution is 2.28. The molecule has 5 atom stereocenters. The van der Waals surface area contributed by atoms with Crippen LogP contribution in [0.4, 0.5) is 0 Å². The Labute approximate surface area is 236 Å². The maximum absolute atomic E-state index is 13.4. The second kappa shape index (κ2) is 13.1. The third kappa shape index (κ3) is 7.58. The van der Waals surface area contributed by atoms with Gasteiger partial charge in [0.1, 0.15) is 12.1 Å². The Hall–Kier alpha value is -3.03. The largest absolute Gasteiger partial charge is 0.368 e. The summed E-state index contributed by atoms with van der Waals surface area (Å²) >= 11 is 0. The van der Waals surface area contributed by atoms with Gasteiger partial charge in [0.05, 0.1) is 10.9 Å². The molecule has 5 N–H and O–H groups in total. The lowest BCUT2D eigenvalue weighted by Crippen LogP contribution is -2.65. The molecule has 2 aliphatic rings. The smallest absolute Gasteiger partial charge is 0.244 e. The van der Waals surface area contributed by atoms with Gasteiger partial charge in [-0.15, -0.1) is 0 Å². The molecule has 0 aromatic heterocycles. The van der Waals surface area contributed by atoms with Crippen molar-refractivity contribution in [3.05, 3.63) is 29.8 Å². The third-order valence-electron chi connectivity index (χ3n) is 7.62. The van der Waals surface area contributed by atoms with Gasteiger partial charge in [-0.25, -0.2) is 13.1 Å². The molecule has 40 heavy (non-hydrogen) atoms. The molecule has 2 aliphatic heterocycles. The number of carbonyl (C=O) groups excluding carboxylic acids is 4. The second-order valence-corrected chi connectivity index (χ2v) is 12.8. The van der Waals surface area contributed by atoms with Crippen LogP contribution in [0.5, 0.6) is 0 Å². The fourth-order valence-corrected chi connectivity index (χ4v) is 6.82. The van der Waals surface area contributed by atoms with Crippen LogP contribution in [-0.4, -0.2) is 91.7 Å². The highest BCUT2D eigenvalue weighted by molar-refractivity contribution is 7.89. The van der Waals surface area contributed by atoms with Crippen molar-refractivity contribution in [3.8, 4) is 0 Å². The van der Waals surface area contributed by atoms with Crippen LogP contribution in [0.3, 0.4) is 0 Å². The number of likely N-dealkylation sites (tertiary alicyclic amines) is 2. The molecular formula is C27H42N6O6S. The number of rotatable bonds is 10. The summed E-state index contributed by atoms with van der Waals surface area (Å²) in [5.74, 6) is -1.80. The van der Waals surface area contributed by atoms with Gasteiger partial charge in [0.2, 0.25) is 33.7 Å². The molecule has 2 fully saturated rings. The van der Waals surface area contributed by atoms with Crippen LogP contribution >= 0.6 is 0 Å². The van der Waals surface area contributed by atoms with E-state index in [0.717, 1.165) is 5.56 Å². The monoisotopic (exact) mass is 578 g/mol. The van der Waals surface area contributed by atoms with E-state index in [9.17, 15) is 27.6 Å². The van der Waals surface area contributed by atoms with Crippen molar-refractivity contribution in [2.24, 2.45) is 11.7 Å². The van der Waals surface area contributed by atoms with E-state index in [0.29, 0.717) is 25.8 Å². The Morgan fingerprint density at radius 2 is 1.65 bits per heavy atom. The van der Waals surface area contributed by atoms with Crippen LogP contribution in [0.15, 0.2) is 29.2 Å². The second-order valence-electron chi connectivity index (χ2n) is 11.1. The number of nitrogens with zero attached hydrogens (tertiary/aromatic N) is 2. The van der Waals surface area contributed by atoms with E-state index >= 15 is 0 Å². The summed E-state index contributed by atoms with van der Waals surface area (Å²) in [5, 5.41) is 5.38. The van der Waals surface area contributed by atoms with E-state index in [1.54, 1.807) is 49.9 Å². The van der Waals surface area contributed by atoms with Crippen LogP contribution in [0, 0.1) is 12.8 Å². The predicted octanol–water partition coefficient (Wildman–Crippen LogP) is -0.142. The minimum atomic E-state index is -3.89. The van der Waals surface area contributed by atoms with Gasteiger partial charge in [-0.3, -0.25) is 24.1 Å². The number of nitrogens with one attached hydrogen (secondary N) is 3. The molecule has 2 saturated heterocycles. The summed E-state index contributed by atoms with van der Waals surface area (Å²) in [7, 11) is -3.89. The molecule has 0 bridgehead atoms. The zero-order chi connectivity index (χ0) is 29.8. The Morgan fingerprint density at radius 3 is 2.23 bits per heavy atom. The number of benzene rings is 1. The van der Waals surface area contributed by atoms with Crippen LogP contribution in [0.2, 0.25) is 0 Å². The first-order valence-corrected chi connectivity index (χ1v) is 15.2. The summed E-state index contributed by atoms with van der Waals surface area (Å²) in [6.07, 6.45) is 1.51. The number of hydrogen-bond acceptors (Lipinski definition) is 7. The molecule has 222 valence electrons. The number of aryl methyl sites for hydroxylation is 1. The van der Waals surface area contributed by atoms with Gasteiger partial charge in [-0.2, -0.15) is 0 Å². The van der Waals surface area contributed by atoms with Crippen molar-refractivity contribution in [2.45, 2.75) is 89.0 Å². The van der Waals surface area contributed by atoms with Gasteiger partial charge >= 0.3 is 0 Å². The van der Waals surface area contributed by atoms with E-state index in [1.807, 2.05) is 11.8 Å². The summed E-state index contributed by atoms with van der Waals surface area (Å²) in [4.78, 5) is 53.7. The summed E-state index contributed by atoms with van der Waals surface area (Å²) in [6, 6.07) is 3.21. The van der Waals surface area contributed by atoms with Gasteiger partial charge in [-0.05, 0) is 57.7 Å². The number of piperidine rings is 1. The van der Waals surface area contributed by atoms with Gasteiger partial charge in [-0.1, -0.05) is 31.5 Å². The first-order valence-electron chi connectivity index (χ1n) is 13.7. The number of amides is 4. The van der Waals surface area contributed by atoms with E-state index in [-0.39, 0.29) is 41.6 Å². The number of nitrogens with two attached hydrogens (primary N) is 1. The van der Waals surface area contributed by atoms with Crippen molar-refractivity contribution < 1.29 is 27.6 Å². The quantitative estimate of drug-likeness (QED) is 0.299. The number of carbonyl (C=O) groups is 4. The third-order valence-corrected chi connectivity index (χ3v) is 9.12. The van der Waals surface area contributed by atoms with E-state index in [4.69, 9.17) is 5.73 Å². The standard InChI is InChI=1S/C27H42N6O6S/c1-16(2)24(25(28)35)30-26(36)22-7-6-13-33(22)23-15-32(27(37)18(4)29-19(5)34)14-12-21(23)31-40(38,39)20-10-8-17(3)9-11-20/h8-11,16,18,21-24,31H,6-7,12-15H2,1-5H3,(H2,28,35)(H,29,34)(H,30,36). The lowest BCUT2D eigenvalue weighted by Gasteiger charge is -2.45. The molecule has 2 heterocycles. The predicted molar refractivity (Wildman–Crippen MR) is 149 cm³/mol. The molecule has 4 amide bonds. The first-order chi connectivity index (χ1) is 18.7. The molecule has 0 aliphatic carbocycles. The maximum Gasteiger partial charge on any atom is 0.244 e. The molecule has 13 heteroatoms. The maximum atomic E-state index is 13.4. The number of hydrogen-bond donors (Lipinski definition) is 4. The minimum Gasteiger partial charge on any atom is -0.368 e. The lowest BCUT2D eigenvalue weighted by atomic mass is 9.96. The molecule has 0 spiro atoms. The average molecular weight is 579 g/mol. The van der Waals surface area contributed by atoms with Crippen molar-refractivity contribution in [3.63, 3.8) is 0 Å². The molecule has 0 radical (unpaired) electrons. The molecule has 3 rings (SSSR count). The molecule has 12 nitrogen and oxygen atoms in total. The van der Waals surface area contributed by atoms with Crippen LogP contribution < -0.4 is 21.1 Å². The fourth-order valence-electron chi connectivity index (χ4n) is 5.51. The summed E-state index contributed by atoms with van der Waals surface area (Å²) in [6.45, 7) is 9.35. The van der Waals surface area contributed by atoms with Crippen LogP contribution in [0.1, 0.15) is 52.5 Å². The van der Waals surface area contributed by atoms with Crippen molar-refractivity contribution in [1.29, 1.82) is 0 Å². The first kappa shape index (κ1) is 31.5. The van der Waals surface area contributed by atoms with E-state index < -0.39 is 46.1 Å². The Kier molecular flexibility index (Phi) is 10.3. The minimum absolute atomic E-state index is 0.131. The Bertz CT molecular complexity index is 1200. The van der Waals surface area contributed by atoms with Crippen molar-refractivity contribution >= 4 is 33.7 Å². The van der Waals surface area contributed by atoms with Gasteiger partial charge < -0.3 is 21.3 Å². The van der Waals surface area contributed by atoms with Gasteiger partial charge in [0.15, 0.2) is 0 Å². The van der Waals surface area contributed by atoms with Crippen LogP contribution in [0.25, 0.3) is 0 Å². The lowest BCUT2D eigenvalue weighted by molar-refractivity contribution is -0.138. The number of primary amides is 1. The Balaban J connectivity index is 1.89. The molecule has 5 unspecified atom stereocenters. The molecule has 1 aromatic carbocycles. The fraction of sp³-hybridized carbons (Fsp3) is 0.630. The van der Waals surface area contributed by atoms with Crippen LogP contribution in [-0.2, 0) is 29.2 Å². The van der Waals surface area contributed by atoms with E-state index in [1.165, 1.54) is 6.92 Å². The normalized spacial score (nSPS) is 23.4. The topological polar surface area (TPSA) is 171 Å². The number of sulfonamides is 1. The average Bonchev–Trinajstić information content (AvgIpc) is 3.36. The SMILES string of the molecule is CC(=O)NC(C)C(=O)N1CCC(NS(=O)(=O)c2ccc(C)cc2)C(N2CCCC2C(=O)NC(C(N)=O)C(C)C)C1. The highest BCUT2D eigenvalue weighted by atomic mass is 32.2. The van der Waals surface area contributed by atoms with Gasteiger partial charge in [0, 0.05) is 32.1 Å². The van der Waals surface area contributed by atoms with Gasteiger partial charge in [0.25, 0.3) is 0 Å². The molecular weight excluding hydrogens is 536 g/mol. The Morgan fingerprint density at radius 1 is 1.00 bits per heavy atom. The van der Waals surface area contributed by atoms with Crippen molar-refractivity contribution in [1.82, 2.24) is 25.2 Å². The van der Waals surface area contributed by atoms with Crippen molar-refractivity contribution in [2.75, 3.05) is 19.6 Å². The summed E-state index contributed by atoms with van der Waals surface area (Å²) < 4.78 is 29.5. The zero-order valence-corrected chi connectivity index (χ0v) is 24.7. The highest BCUT2D eigenvalue weighted by Gasteiger charge is 2.44. The van der Waals surface area contributed by atoms with E-state index in [2.05, 4.69) is 15.4 Å². The molecule has 0 saturated carbocycles. The zero-order valence-electron chi connectivity index (χ0n) is 23.8. The summed E-state index contributed by atoms with van der Waals surface area (Å²) in [5.41, 5.74) is 6.44. The molecule has 1 aromatic rings.